The van der Waals surface area contributed by atoms with Gasteiger partial charge >= 0.3 is 0 Å². The summed E-state index contributed by atoms with van der Waals surface area (Å²) in [5.41, 5.74) is 2.58. The molecule has 102 valence electrons. The normalized spacial score (nSPS) is 10.6. The van der Waals surface area contributed by atoms with Gasteiger partial charge < -0.3 is 15.4 Å². The van der Waals surface area contributed by atoms with Crippen molar-refractivity contribution in [1.82, 2.24) is 10.6 Å². The zero-order chi connectivity index (χ0) is 13.2. The molecule has 0 fully saturated rings. The third kappa shape index (κ3) is 5.52. The molecule has 0 aliphatic heterocycles. The fourth-order valence-corrected chi connectivity index (χ4v) is 2.00. The molecular weight excluding hydrogens is 224 g/mol. The zero-order valence-corrected chi connectivity index (χ0v) is 11.9. The van der Waals surface area contributed by atoms with E-state index in [4.69, 9.17) is 4.74 Å². The quantitative estimate of drug-likeness (QED) is 0.659. The number of hydrogen-bond acceptors (Lipinski definition) is 3. The van der Waals surface area contributed by atoms with Crippen LogP contribution in [0.1, 0.15) is 24.0 Å². The fraction of sp³-hybridized carbons (Fsp3) is 0.600. The fourth-order valence-electron chi connectivity index (χ4n) is 2.00. The van der Waals surface area contributed by atoms with Gasteiger partial charge in [-0.1, -0.05) is 17.7 Å². The number of benzene rings is 1. The van der Waals surface area contributed by atoms with Crippen molar-refractivity contribution in [3.8, 4) is 5.75 Å². The minimum atomic E-state index is 0.998. The van der Waals surface area contributed by atoms with Crippen LogP contribution in [0.5, 0.6) is 5.75 Å². The minimum absolute atomic E-state index is 0.998. The molecule has 0 atom stereocenters. The number of rotatable bonds is 9. The summed E-state index contributed by atoms with van der Waals surface area (Å²) in [6.45, 7) is 5.33. The molecule has 1 aromatic rings. The molecule has 3 heteroatoms. The number of methoxy groups -OCH3 is 1. The lowest BCUT2D eigenvalue weighted by atomic mass is 10.1. The van der Waals surface area contributed by atoms with E-state index in [1.165, 1.54) is 24.0 Å². The maximum atomic E-state index is 5.37. The molecule has 0 saturated carbocycles. The molecule has 2 N–H and O–H groups in total. The predicted octanol–water partition coefficient (Wildman–Crippen LogP) is 2.14. The highest BCUT2D eigenvalue weighted by Crippen LogP contribution is 2.19. The second-order valence-corrected chi connectivity index (χ2v) is 4.63. The molecule has 0 aliphatic carbocycles. The first-order valence-electron chi connectivity index (χ1n) is 6.76. The van der Waals surface area contributed by atoms with Crippen LogP contribution in [0.15, 0.2) is 18.2 Å². The van der Waals surface area contributed by atoms with Crippen molar-refractivity contribution < 1.29 is 4.74 Å². The maximum Gasteiger partial charge on any atom is 0.122 e. The molecule has 0 spiro atoms. The SMILES string of the molecule is CNCCCCNCCc1cc(C)ccc1OC. The Hall–Kier alpha value is -1.06. The Balaban J connectivity index is 2.24. The molecule has 0 radical (unpaired) electrons. The molecule has 0 bridgehead atoms. The van der Waals surface area contributed by atoms with Gasteiger partial charge in [0, 0.05) is 0 Å². The van der Waals surface area contributed by atoms with Crippen molar-refractivity contribution in [2.24, 2.45) is 0 Å². The highest BCUT2D eigenvalue weighted by atomic mass is 16.5. The van der Waals surface area contributed by atoms with E-state index in [-0.39, 0.29) is 0 Å². The molecule has 1 rings (SSSR count). The third-order valence-corrected chi connectivity index (χ3v) is 3.04. The third-order valence-electron chi connectivity index (χ3n) is 3.04. The number of aryl methyl sites for hydroxylation is 1. The summed E-state index contributed by atoms with van der Waals surface area (Å²) >= 11 is 0. The Kier molecular flexibility index (Phi) is 7.46. The van der Waals surface area contributed by atoms with Crippen LogP contribution in [0.2, 0.25) is 0 Å². The van der Waals surface area contributed by atoms with Gasteiger partial charge in [0.05, 0.1) is 7.11 Å². The van der Waals surface area contributed by atoms with Crippen molar-refractivity contribution in [3.63, 3.8) is 0 Å². The Morgan fingerprint density at radius 1 is 1.11 bits per heavy atom. The summed E-state index contributed by atoms with van der Waals surface area (Å²) in [5.74, 6) is 0.998. The highest BCUT2D eigenvalue weighted by molar-refractivity contribution is 5.37. The second kappa shape index (κ2) is 8.95. The standard InChI is InChI=1S/C15H26N2O/c1-13-6-7-15(18-3)14(12-13)8-11-17-10-5-4-9-16-2/h6-7,12,16-17H,4-5,8-11H2,1-3H3. The molecule has 0 saturated heterocycles. The first-order chi connectivity index (χ1) is 8.77. The van der Waals surface area contributed by atoms with Crippen LogP contribution < -0.4 is 15.4 Å². The van der Waals surface area contributed by atoms with E-state index in [1.807, 2.05) is 7.05 Å². The minimum Gasteiger partial charge on any atom is -0.496 e. The van der Waals surface area contributed by atoms with Gasteiger partial charge in [-0.3, -0.25) is 0 Å². The maximum absolute atomic E-state index is 5.37. The summed E-state index contributed by atoms with van der Waals surface area (Å²) in [4.78, 5) is 0. The summed E-state index contributed by atoms with van der Waals surface area (Å²) in [7, 11) is 3.73. The number of unbranched alkanes of at least 4 members (excludes halogenated alkanes) is 1. The Morgan fingerprint density at radius 2 is 1.89 bits per heavy atom. The number of ether oxygens (including phenoxy) is 1. The van der Waals surface area contributed by atoms with Crippen LogP contribution in [-0.2, 0) is 6.42 Å². The van der Waals surface area contributed by atoms with Gasteiger partial charge in [-0.05, 0) is 64.5 Å². The van der Waals surface area contributed by atoms with E-state index < -0.39 is 0 Å². The summed E-state index contributed by atoms with van der Waals surface area (Å²) in [5, 5.41) is 6.64. The molecule has 0 amide bonds. The van der Waals surface area contributed by atoms with Crippen LogP contribution in [-0.4, -0.2) is 33.8 Å². The molecule has 18 heavy (non-hydrogen) atoms. The summed E-state index contributed by atoms with van der Waals surface area (Å²) < 4.78 is 5.37. The van der Waals surface area contributed by atoms with Crippen molar-refractivity contribution >= 4 is 0 Å². The van der Waals surface area contributed by atoms with Crippen molar-refractivity contribution in [2.45, 2.75) is 26.2 Å². The van der Waals surface area contributed by atoms with Gasteiger partial charge in [0.1, 0.15) is 5.75 Å². The van der Waals surface area contributed by atoms with Crippen LogP contribution >= 0.6 is 0 Å². The largest absolute Gasteiger partial charge is 0.496 e. The molecular formula is C15H26N2O. The summed E-state index contributed by atoms with van der Waals surface area (Å²) in [6.07, 6.45) is 3.49. The van der Waals surface area contributed by atoms with Crippen LogP contribution in [0, 0.1) is 6.92 Å². The van der Waals surface area contributed by atoms with Crippen LogP contribution in [0.3, 0.4) is 0 Å². The zero-order valence-electron chi connectivity index (χ0n) is 11.9. The topological polar surface area (TPSA) is 33.3 Å². The van der Waals surface area contributed by atoms with Crippen LogP contribution in [0.4, 0.5) is 0 Å². The first kappa shape index (κ1) is 15.0. The highest BCUT2D eigenvalue weighted by Gasteiger charge is 2.02. The number of nitrogens with one attached hydrogen (secondary N) is 2. The lowest BCUT2D eigenvalue weighted by Gasteiger charge is -2.10. The van der Waals surface area contributed by atoms with E-state index in [0.29, 0.717) is 0 Å². The van der Waals surface area contributed by atoms with E-state index in [0.717, 1.165) is 31.8 Å². The molecule has 0 aromatic heterocycles. The average Bonchev–Trinajstić information content (AvgIpc) is 2.38. The molecule has 0 unspecified atom stereocenters. The van der Waals surface area contributed by atoms with Gasteiger partial charge in [0.25, 0.3) is 0 Å². The second-order valence-electron chi connectivity index (χ2n) is 4.63. The summed E-state index contributed by atoms with van der Waals surface area (Å²) in [6, 6.07) is 6.35. The molecule has 0 heterocycles. The molecule has 3 nitrogen and oxygen atoms in total. The average molecular weight is 250 g/mol. The van der Waals surface area contributed by atoms with Crippen molar-refractivity contribution in [1.29, 1.82) is 0 Å². The van der Waals surface area contributed by atoms with E-state index in [9.17, 15) is 0 Å². The molecule has 0 aliphatic rings. The van der Waals surface area contributed by atoms with Gasteiger partial charge in [-0.2, -0.15) is 0 Å². The van der Waals surface area contributed by atoms with Gasteiger partial charge in [-0.15, -0.1) is 0 Å². The van der Waals surface area contributed by atoms with E-state index >= 15 is 0 Å². The smallest absolute Gasteiger partial charge is 0.122 e. The van der Waals surface area contributed by atoms with Crippen molar-refractivity contribution in [2.75, 3.05) is 33.8 Å². The van der Waals surface area contributed by atoms with E-state index in [1.54, 1.807) is 7.11 Å². The van der Waals surface area contributed by atoms with Gasteiger partial charge in [-0.25, -0.2) is 0 Å². The number of hydrogen-bond donors (Lipinski definition) is 2. The molecule has 1 aromatic carbocycles. The Bertz CT molecular complexity index is 339. The monoisotopic (exact) mass is 250 g/mol. The van der Waals surface area contributed by atoms with E-state index in [2.05, 4.69) is 35.8 Å². The lowest BCUT2D eigenvalue weighted by molar-refractivity contribution is 0.409. The lowest BCUT2D eigenvalue weighted by Crippen LogP contribution is -2.20. The van der Waals surface area contributed by atoms with Crippen molar-refractivity contribution in [3.05, 3.63) is 29.3 Å². The Labute approximate surface area is 111 Å². The van der Waals surface area contributed by atoms with Crippen LogP contribution in [0.25, 0.3) is 0 Å². The predicted molar refractivity (Wildman–Crippen MR) is 77.5 cm³/mol. The Morgan fingerprint density at radius 3 is 2.61 bits per heavy atom. The van der Waals surface area contributed by atoms with Gasteiger partial charge in [0.2, 0.25) is 0 Å². The first-order valence-corrected chi connectivity index (χ1v) is 6.76. The van der Waals surface area contributed by atoms with Gasteiger partial charge in [0.15, 0.2) is 0 Å².